The van der Waals surface area contributed by atoms with Gasteiger partial charge in [-0.25, -0.2) is 0 Å². The molecule has 0 saturated carbocycles. The van der Waals surface area contributed by atoms with E-state index in [2.05, 4.69) is 20.4 Å². The molecule has 3 rings (SSSR count). The Kier molecular flexibility index (Phi) is 4.48. The van der Waals surface area contributed by atoms with E-state index in [1.807, 2.05) is 30.3 Å². The summed E-state index contributed by atoms with van der Waals surface area (Å²) in [4.78, 5) is 18.4. The van der Waals surface area contributed by atoms with E-state index in [0.717, 1.165) is 24.9 Å². The van der Waals surface area contributed by atoms with Crippen molar-refractivity contribution in [3.05, 3.63) is 47.6 Å². The molecule has 6 nitrogen and oxygen atoms in total. The third kappa shape index (κ3) is 3.33. The van der Waals surface area contributed by atoms with Crippen LogP contribution < -0.4 is 5.32 Å². The fraction of sp³-hybridized carbons (Fsp3) is 0.438. The summed E-state index contributed by atoms with van der Waals surface area (Å²) >= 11 is 0. The highest BCUT2D eigenvalue weighted by molar-refractivity contribution is 5.81. The van der Waals surface area contributed by atoms with Crippen LogP contribution in [-0.4, -0.2) is 40.6 Å². The van der Waals surface area contributed by atoms with E-state index >= 15 is 0 Å². The number of carbonyl (C=O) groups is 1. The number of hydrogen-bond donors (Lipinski definition) is 1. The van der Waals surface area contributed by atoms with Crippen molar-refractivity contribution in [1.29, 1.82) is 0 Å². The minimum absolute atomic E-state index is 0.0570. The molecule has 0 aliphatic carbocycles. The van der Waals surface area contributed by atoms with Gasteiger partial charge in [0.15, 0.2) is 5.82 Å². The van der Waals surface area contributed by atoms with Crippen LogP contribution in [0.15, 0.2) is 34.9 Å². The molecule has 1 atom stereocenters. The second kappa shape index (κ2) is 6.70. The molecular weight excluding hydrogens is 280 g/mol. The van der Waals surface area contributed by atoms with Crippen LogP contribution in [0.25, 0.3) is 0 Å². The van der Waals surface area contributed by atoms with Crippen LogP contribution in [0.1, 0.15) is 30.1 Å². The number of aromatic nitrogens is 2. The molecule has 1 aliphatic heterocycles. The topological polar surface area (TPSA) is 71.3 Å². The minimum Gasteiger partial charge on any atom is -0.358 e. The highest BCUT2D eigenvalue weighted by Gasteiger charge is 2.31. The molecule has 2 aromatic rings. The highest BCUT2D eigenvalue weighted by Crippen LogP contribution is 2.19. The number of rotatable bonds is 5. The lowest BCUT2D eigenvalue weighted by molar-refractivity contribution is -0.125. The van der Waals surface area contributed by atoms with Gasteiger partial charge in [-0.2, -0.15) is 4.98 Å². The Bertz CT molecular complexity index is 626. The molecule has 1 aromatic heterocycles. The van der Waals surface area contributed by atoms with Gasteiger partial charge in [0.2, 0.25) is 11.8 Å². The number of benzene rings is 1. The maximum Gasteiger partial charge on any atom is 0.240 e. The van der Waals surface area contributed by atoms with Crippen molar-refractivity contribution in [2.75, 3.05) is 13.6 Å². The van der Waals surface area contributed by atoms with Gasteiger partial charge in [0, 0.05) is 13.5 Å². The lowest BCUT2D eigenvalue weighted by Crippen LogP contribution is -2.41. The molecule has 116 valence electrons. The van der Waals surface area contributed by atoms with E-state index in [1.165, 1.54) is 0 Å². The maximum atomic E-state index is 11.8. The van der Waals surface area contributed by atoms with Gasteiger partial charge in [-0.3, -0.25) is 9.69 Å². The number of carbonyl (C=O) groups excluding carboxylic acids is 1. The fourth-order valence-electron chi connectivity index (χ4n) is 2.86. The van der Waals surface area contributed by atoms with Crippen LogP contribution in [0.2, 0.25) is 0 Å². The SMILES string of the molecule is CNC(=O)[C@H]1CCCN1Cc1nc(Cc2ccccc2)no1. The van der Waals surface area contributed by atoms with Crippen molar-refractivity contribution in [2.24, 2.45) is 0 Å². The number of hydrogen-bond acceptors (Lipinski definition) is 5. The van der Waals surface area contributed by atoms with E-state index in [-0.39, 0.29) is 11.9 Å². The molecule has 1 saturated heterocycles. The molecule has 22 heavy (non-hydrogen) atoms. The summed E-state index contributed by atoms with van der Waals surface area (Å²) in [5.74, 6) is 1.31. The van der Waals surface area contributed by atoms with Crippen LogP contribution in [0.5, 0.6) is 0 Å². The fourth-order valence-corrected chi connectivity index (χ4v) is 2.86. The number of likely N-dealkylation sites (tertiary alicyclic amines) is 1. The van der Waals surface area contributed by atoms with Crippen molar-refractivity contribution in [3.8, 4) is 0 Å². The molecule has 1 aliphatic rings. The van der Waals surface area contributed by atoms with Gasteiger partial charge in [0.25, 0.3) is 0 Å². The average Bonchev–Trinajstić information content (AvgIpc) is 3.18. The molecular formula is C16H20N4O2. The molecule has 2 heterocycles. The van der Waals surface area contributed by atoms with Gasteiger partial charge >= 0.3 is 0 Å². The maximum absolute atomic E-state index is 11.8. The molecule has 1 amide bonds. The zero-order valence-electron chi connectivity index (χ0n) is 12.7. The molecule has 0 spiro atoms. The van der Waals surface area contributed by atoms with Gasteiger partial charge in [0.1, 0.15) is 0 Å². The smallest absolute Gasteiger partial charge is 0.240 e. The Morgan fingerprint density at radius 3 is 3.00 bits per heavy atom. The van der Waals surface area contributed by atoms with Crippen LogP contribution in [0, 0.1) is 0 Å². The third-order valence-corrected chi connectivity index (χ3v) is 3.97. The number of amides is 1. The van der Waals surface area contributed by atoms with E-state index < -0.39 is 0 Å². The van der Waals surface area contributed by atoms with Crippen molar-refractivity contribution in [3.63, 3.8) is 0 Å². The van der Waals surface area contributed by atoms with Crippen molar-refractivity contribution >= 4 is 5.91 Å². The predicted octanol–water partition coefficient (Wildman–Crippen LogP) is 1.37. The second-order valence-electron chi connectivity index (χ2n) is 5.51. The number of nitrogens with one attached hydrogen (secondary N) is 1. The number of likely N-dealkylation sites (N-methyl/N-ethyl adjacent to an activating group) is 1. The van der Waals surface area contributed by atoms with E-state index in [0.29, 0.717) is 24.7 Å². The Morgan fingerprint density at radius 1 is 1.41 bits per heavy atom. The summed E-state index contributed by atoms with van der Waals surface area (Å²) in [7, 11) is 1.67. The molecule has 0 unspecified atom stereocenters. The zero-order chi connectivity index (χ0) is 15.4. The molecule has 0 radical (unpaired) electrons. The average molecular weight is 300 g/mol. The van der Waals surface area contributed by atoms with Crippen LogP contribution in [-0.2, 0) is 17.8 Å². The van der Waals surface area contributed by atoms with E-state index in [1.54, 1.807) is 7.05 Å². The second-order valence-corrected chi connectivity index (χ2v) is 5.51. The normalized spacial score (nSPS) is 18.5. The molecule has 6 heteroatoms. The standard InChI is InChI=1S/C16H20N4O2/c1-17-16(21)13-8-5-9-20(13)11-15-18-14(19-22-15)10-12-6-3-2-4-7-12/h2-4,6-7,13H,5,8-11H2,1H3,(H,17,21)/t13-/m1/s1. The first kappa shape index (κ1) is 14.7. The van der Waals surface area contributed by atoms with Crippen molar-refractivity contribution in [2.45, 2.75) is 31.8 Å². The van der Waals surface area contributed by atoms with Gasteiger partial charge in [-0.05, 0) is 24.9 Å². The largest absolute Gasteiger partial charge is 0.358 e. The summed E-state index contributed by atoms with van der Waals surface area (Å²) in [6.45, 7) is 1.41. The van der Waals surface area contributed by atoms with Gasteiger partial charge in [0.05, 0.1) is 12.6 Å². The predicted molar refractivity (Wildman–Crippen MR) is 81.0 cm³/mol. The van der Waals surface area contributed by atoms with Crippen molar-refractivity contribution in [1.82, 2.24) is 20.4 Å². The Morgan fingerprint density at radius 2 is 2.23 bits per heavy atom. The molecule has 1 fully saturated rings. The van der Waals surface area contributed by atoms with E-state index in [4.69, 9.17) is 4.52 Å². The first-order valence-electron chi connectivity index (χ1n) is 7.57. The van der Waals surface area contributed by atoms with Gasteiger partial charge < -0.3 is 9.84 Å². The first-order valence-corrected chi connectivity index (χ1v) is 7.57. The summed E-state index contributed by atoms with van der Waals surface area (Å²) in [6, 6.07) is 9.96. The third-order valence-electron chi connectivity index (χ3n) is 3.97. The Labute approximate surface area is 129 Å². The molecule has 1 N–H and O–H groups in total. The monoisotopic (exact) mass is 300 g/mol. The quantitative estimate of drug-likeness (QED) is 0.903. The number of nitrogens with zero attached hydrogens (tertiary/aromatic N) is 3. The lowest BCUT2D eigenvalue weighted by Gasteiger charge is -2.20. The molecule has 1 aromatic carbocycles. The van der Waals surface area contributed by atoms with E-state index in [9.17, 15) is 4.79 Å². The van der Waals surface area contributed by atoms with Crippen LogP contribution in [0.3, 0.4) is 0 Å². The lowest BCUT2D eigenvalue weighted by atomic mass is 10.1. The summed E-state index contributed by atoms with van der Waals surface area (Å²) in [5.41, 5.74) is 1.15. The summed E-state index contributed by atoms with van der Waals surface area (Å²) in [5, 5.41) is 6.74. The van der Waals surface area contributed by atoms with Gasteiger partial charge in [-0.1, -0.05) is 35.5 Å². The van der Waals surface area contributed by atoms with Crippen LogP contribution in [0.4, 0.5) is 0 Å². The Balaban J connectivity index is 1.63. The van der Waals surface area contributed by atoms with Crippen molar-refractivity contribution < 1.29 is 9.32 Å². The zero-order valence-corrected chi connectivity index (χ0v) is 12.7. The highest BCUT2D eigenvalue weighted by atomic mass is 16.5. The van der Waals surface area contributed by atoms with Gasteiger partial charge in [-0.15, -0.1) is 0 Å². The summed E-state index contributed by atoms with van der Waals surface area (Å²) in [6.07, 6.45) is 2.55. The Hall–Kier alpha value is -2.21. The van der Waals surface area contributed by atoms with Crippen LogP contribution >= 0.6 is 0 Å². The minimum atomic E-state index is -0.0885. The summed E-state index contributed by atoms with van der Waals surface area (Å²) < 4.78 is 5.33. The first-order chi connectivity index (χ1) is 10.8. The molecule has 0 bridgehead atoms.